The van der Waals surface area contributed by atoms with E-state index in [-0.39, 0.29) is 11.3 Å². The number of pyridine rings is 1. The maximum atomic E-state index is 12.5. The van der Waals surface area contributed by atoms with Crippen LogP contribution in [0.4, 0.5) is 11.4 Å². The fraction of sp³-hybridized carbons (Fsp3) is 0. The van der Waals surface area contributed by atoms with Crippen molar-refractivity contribution in [3.05, 3.63) is 81.5 Å². The zero-order valence-electron chi connectivity index (χ0n) is 14.1. The number of non-ortho nitro benzene ring substituents is 1. The summed E-state index contributed by atoms with van der Waals surface area (Å²) in [5, 5.41) is 13.9. The number of nitro benzene ring substituents is 1. The number of amides is 1. The molecule has 0 aliphatic rings. The van der Waals surface area contributed by atoms with E-state index >= 15 is 0 Å². The summed E-state index contributed by atoms with van der Waals surface area (Å²) in [6, 6.07) is 13.8. The molecular formula is C19H11ClN4O4. The van der Waals surface area contributed by atoms with Gasteiger partial charge >= 0.3 is 0 Å². The highest BCUT2D eigenvalue weighted by atomic mass is 35.5. The molecule has 8 nitrogen and oxygen atoms in total. The molecule has 0 saturated heterocycles. The Kier molecular flexibility index (Phi) is 4.46. The van der Waals surface area contributed by atoms with Crippen molar-refractivity contribution in [1.82, 2.24) is 9.97 Å². The van der Waals surface area contributed by atoms with E-state index in [0.29, 0.717) is 33.4 Å². The number of rotatable bonds is 4. The molecule has 0 fully saturated rings. The van der Waals surface area contributed by atoms with Gasteiger partial charge in [-0.2, -0.15) is 4.98 Å². The number of nitro groups is 1. The van der Waals surface area contributed by atoms with Crippen molar-refractivity contribution in [3.63, 3.8) is 0 Å². The maximum absolute atomic E-state index is 12.5. The lowest BCUT2D eigenvalue weighted by atomic mass is 10.1. The van der Waals surface area contributed by atoms with Crippen LogP contribution in [0.3, 0.4) is 0 Å². The second kappa shape index (κ2) is 7.09. The molecule has 0 aliphatic heterocycles. The lowest BCUT2D eigenvalue weighted by Gasteiger charge is -2.08. The molecule has 2 aromatic heterocycles. The van der Waals surface area contributed by atoms with Crippen molar-refractivity contribution in [2.45, 2.75) is 0 Å². The summed E-state index contributed by atoms with van der Waals surface area (Å²) in [6.07, 6.45) is 1.61. The largest absolute Gasteiger partial charge is 0.434 e. The summed E-state index contributed by atoms with van der Waals surface area (Å²) in [7, 11) is 0. The van der Waals surface area contributed by atoms with Crippen LogP contribution in [-0.4, -0.2) is 20.8 Å². The third-order valence-corrected chi connectivity index (χ3v) is 4.28. The zero-order chi connectivity index (χ0) is 19.7. The number of hydrogen-bond acceptors (Lipinski definition) is 6. The Morgan fingerprint density at radius 1 is 1.14 bits per heavy atom. The molecule has 28 heavy (non-hydrogen) atoms. The molecule has 0 saturated carbocycles. The Labute approximate surface area is 162 Å². The van der Waals surface area contributed by atoms with Crippen LogP contribution in [0, 0.1) is 10.1 Å². The SMILES string of the molecule is O=C(Nc1cc(-c2nc3ncccc3o2)ccc1Cl)c1cccc([N+](=O)[O-])c1. The highest BCUT2D eigenvalue weighted by molar-refractivity contribution is 6.34. The summed E-state index contributed by atoms with van der Waals surface area (Å²) in [4.78, 5) is 31.3. The molecule has 0 atom stereocenters. The quantitative estimate of drug-likeness (QED) is 0.396. The first-order valence-corrected chi connectivity index (χ1v) is 8.46. The molecule has 2 aromatic carbocycles. The van der Waals surface area contributed by atoms with Crippen molar-refractivity contribution in [2.75, 3.05) is 5.32 Å². The zero-order valence-corrected chi connectivity index (χ0v) is 14.9. The van der Waals surface area contributed by atoms with Crippen LogP contribution in [0.1, 0.15) is 10.4 Å². The second-order valence-electron chi connectivity index (χ2n) is 5.80. The molecule has 0 bridgehead atoms. The molecular weight excluding hydrogens is 384 g/mol. The minimum atomic E-state index is -0.564. The molecule has 1 N–H and O–H groups in total. The van der Waals surface area contributed by atoms with E-state index in [4.69, 9.17) is 16.0 Å². The third kappa shape index (κ3) is 3.40. The predicted molar refractivity (Wildman–Crippen MR) is 103 cm³/mol. The lowest BCUT2D eigenvalue weighted by molar-refractivity contribution is -0.384. The van der Waals surface area contributed by atoms with Crippen LogP contribution in [-0.2, 0) is 0 Å². The Morgan fingerprint density at radius 3 is 2.79 bits per heavy atom. The lowest BCUT2D eigenvalue weighted by Crippen LogP contribution is -2.12. The van der Waals surface area contributed by atoms with Crippen LogP contribution >= 0.6 is 11.6 Å². The molecule has 0 spiro atoms. The molecule has 138 valence electrons. The van der Waals surface area contributed by atoms with Gasteiger partial charge in [-0.15, -0.1) is 0 Å². The van der Waals surface area contributed by atoms with E-state index in [1.54, 1.807) is 36.5 Å². The number of carbonyl (C=O) groups excluding carboxylic acids is 1. The Morgan fingerprint density at radius 2 is 2.00 bits per heavy atom. The van der Waals surface area contributed by atoms with Crippen molar-refractivity contribution >= 4 is 40.1 Å². The van der Waals surface area contributed by atoms with Gasteiger partial charge in [0.1, 0.15) is 0 Å². The van der Waals surface area contributed by atoms with E-state index in [1.165, 1.54) is 24.3 Å². The van der Waals surface area contributed by atoms with Crippen molar-refractivity contribution in [1.29, 1.82) is 0 Å². The number of hydrogen-bond donors (Lipinski definition) is 1. The van der Waals surface area contributed by atoms with E-state index in [1.807, 2.05) is 0 Å². The molecule has 4 aromatic rings. The van der Waals surface area contributed by atoms with Crippen LogP contribution in [0.25, 0.3) is 22.7 Å². The minimum Gasteiger partial charge on any atom is -0.434 e. The van der Waals surface area contributed by atoms with Crippen LogP contribution in [0.5, 0.6) is 0 Å². The molecule has 1 amide bonds. The van der Waals surface area contributed by atoms with Crippen molar-refractivity contribution < 1.29 is 14.1 Å². The standard InChI is InChI=1S/C19H11ClN4O4/c20-14-7-6-12(19-23-17-16(28-19)5-2-8-21-17)10-15(14)22-18(25)11-3-1-4-13(9-11)24(26)27/h1-10H,(H,22,25). The molecule has 0 unspecified atom stereocenters. The number of nitrogens with one attached hydrogen (secondary N) is 1. The molecule has 0 radical (unpaired) electrons. The average Bonchev–Trinajstić information content (AvgIpc) is 3.14. The summed E-state index contributed by atoms with van der Waals surface area (Å²) in [6.45, 7) is 0. The summed E-state index contributed by atoms with van der Waals surface area (Å²) >= 11 is 6.19. The highest BCUT2D eigenvalue weighted by Gasteiger charge is 2.15. The van der Waals surface area contributed by atoms with E-state index in [0.717, 1.165) is 0 Å². The molecule has 0 aliphatic carbocycles. The topological polar surface area (TPSA) is 111 Å². The maximum Gasteiger partial charge on any atom is 0.270 e. The van der Waals surface area contributed by atoms with Gasteiger partial charge in [-0.05, 0) is 36.4 Å². The van der Waals surface area contributed by atoms with Gasteiger partial charge in [0, 0.05) is 29.5 Å². The fourth-order valence-corrected chi connectivity index (χ4v) is 2.77. The number of benzene rings is 2. The number of aromatic nitrogens is 2. The summed E-state index contributed by atoms with van der Waals surface area (Å²) in [5.41, 5.74) is 1.89. The highest BCUT2D eigenvalue weighted by Crippen LogP contribution is 2.30. The van der Waals surface area contributed by atoms with Crippen molar-refractivity contribution in [3.8, 4) is 11.5 Å². The van der Waals surface area contributed by atoms with Crippen LogP contribution in [0.2, 0.25) is 5.02 Å². The predicted octanol–water partition coefficient (Wildman–Crippen LogP) is 4.70. The van der Waals surface area contributed by atoms with Gasteiger partial charge in [-0.25, -0.2) is 4.98 Å². The van der Waals surface area contributed by atoms with Gasteiger partial charge in [-0.3, -0.25) is 14.9 Å². The monoisotopic (exact) mass is 394 g/mol. The van der Waals surface area contributed by atoms with Gasteiger partial charge < -0.3 is 9.73 Å². The second-order valence-corrected chi connectivity index (χ2v) is 6.21. The van der Waals surface area contributed by atoms with E-state index < -0.39 is 10.8 Å². The Balaban J connectivity index is 1.65. The molecule has 4 rings (SSSR count). The summed E-state index contributed by atoms with van der Waals surface area (Å²) in [5.74, 6) is -0.196. The molecule has 9 heteroatoms. The van der Waals surface area contributed by atoms with Gasteiger partial charge in [0.25, 0.3) is 11.6 Å². The minimum absolute atomic E-state index is 0.140. The van der Waals surface area contributed by atoms with Gasteiger partial charge in [0.05, 0.1) is 15.6 Å². The average molecular weight is 395 g/mol. The number of halogens is 1. The molecule has 2 heterocycles. The van der Waals surface area contributed by atoms with Crippen molar-refractivity contribution in [2.24, 2.45) is 0 Å². The first-order valence-electron chi connectivity index (χ1n) is 8.08. The number of anilines is 1. The van der Waals surface area contributed by atoms with Crippen LogP contribution < -0.4 is 5.32 Å². The van der Waals surface area contributed by atoms with Gasteiger partial charge in [-0.1, -0.05) is 17.7 Å². The van der Waals surface area contributed by atoms with Gasteiger partial charge in [0.15, 0.2) is 11.2 Å². The first kappa shape index (κ1) is 17.6. The number of nitrogens with zero attached hydrogens (tertiary/aromatic N) is 3. The normalized spacial score (nSPS) is 10.8. The Hall–Kier alpha value is -3.78. The summed E-state index contributed by atoms with van der Waals surface area (Å²) < 4.78 is 5.68. The van der Waals surface area contributed by atoms with E-state index in [2.05, 4.69) is 15.3 Å². The first-order chi connectivity index (χ1) is 13.5. The number of carbonyl (C=O) groups is 1. The third-order valence-electron chi connectivity index (χ3n) is 3.95. The fourth-order valence-electron chi connectivity index (χ4n) is 2.60. The van der Waals surface area contributed by atoms with E-state index in [9.17, 15) is 14.9 Å². The smallest absolute Gasteiger partial charge is 0.270 e. The number of fused-ring (bicyclic) bond motifs is 1. The number of oxazole rings is 1. The van der Waals surface area contributed by atoms with Crippen LogP contribution in [0.15, 0.2) is 65.2 Å². The van der Waals surface area contributed by atoms with Gasteiger partial charge in [0.2, 0.25) is 5.89 Å². The Bertz CT molecular complexity index is 1190.